The SMILES string of the molecule is CCc1c(NC(=O)NCC(O)C(C)(C)C)cnn1CC(C)C. The number of aliphatic hydroxyl groups is 1. The van der Waals surface area contributed by atoms with E-state index in [0.29, 0.717) is 5.92 Å². The number of aliphatic hydroxyl groups excluding tert-OH is 1. The fraction of sp³-hybridized carbons (Fsp3) is 0.750. The molecule has 1 atom stereocenters. The summed E-state index contributed by atoms with van der Waals surface area (Å²) in [4.78, 5) is 12.0. The third-order valence-electron chi connectivity index (χ3n) is 3.53. The molecule has 0 radical (unpaired) electrons. The van der Waals surface area contributed by atoms with Crippen molar-refractivity contribution in [3.8, 4) is 0 Å². The molecule has 0 fully saturated rings. The molecular formula is C16H30N4O2. The second-order valence-electron chi connectivity index (χ2n) is 7.15. The van der Waals surface area contributed by atoms with Crippen molar-refractivity contribution in [1.29, 1.82) is 0 Å². The van der Waals surface area contributed by atoms with Crippen LogP contribution in [0.1, 0.15) is 47.2 Å². The summed E-state index contributed by atoms with van der Waals surface area (Å²) in [5.41, 5.74) is 1.48. The Morgan fingerprint density at radius 3 is 2.55 bits per heavy atom. The Kier molecular flexibility index (Phi) is 6.41. The standard InChI is InChI=1S/C16H30N4O2/c1-7-13-12(8-18-20(13)10-11(2)3)19-15(22)17-9-14(21)16(4,5)6/h8,11,14,21H,7,9-10H2,1-6H3,(H2,17,19,22). The van der Waals surface area contributed by atoms with Gasteiger partial charge in [-0.1, -0.05) is 41.5 Å². The van der Waals surface area contributed by atoms with Crippen molar-refractivity contribution in [1.82, 2.24) is 15.1 Å². The zero-order valence-corrected chi connectivity index (χ0v) is 14.6. The lowest BCUT2D eigenvalue weighted by molar-refractivity contribution is 0.0654. The average molecular weight is 310 g/mol. The number of hydrogen-bond acceptors (Lipinski definition) is 3. The molecule has 1 heterocycles. The first-order valence-corrected chi connectivity index (χ1v) is 7.92. The number of carbonyl (C=O) groups excluding carboxylic acids is 1. The third kappa shape index (κ3) is 5.33. The van der Waals surface area contributed by atoms with E-state index in [4.69, 9.17) is 0 Å². The van der Waals surface area contributed by atoms with Crippen molar-refractivity contribution in [3.05, 3.63) is 11.9 Å². The number of carbonyl (C=O) groups is 1. The molecule has 0 aliphatic rings. The van der Waals surface area contributed by atoms with Crippen molar-refractivity contribution >= 4 is 11.7 Å². The molecule has 0 aliphatic carbocycles. The van der Waals surface area contributed by atoms with E-state index in [-0.39, 0.29) is 18.0 Å². The van der Waals surface area contributed by atoms with Gasteiger partial charge in [0.15, 0.2) is 0 Å². The topological polar surface area (TPSA) is 79.2 Å². The van der Waals surface area contributed by atoms with E-state index in [1.165, 1.54) is 0 Å². The molecule has 0 aliphatic heterocycles. The van der Waals surface area contributed by atoms with Crippen LogP contribution in [0.15, 0.2) is 6.20 Å². The highest BCUT2D eigenvalue weighted by Gasteiger charge is 2.22. The molecule has 22 heavy (non-hydrogen) atoms. The molecule has 0 saturated heterocycles. The number of amides is 2. The van der Waals surface area contributed by atoms with Gasteiger partial charge in [-0.25, -0.2) is 4.79 Å². The van der Waals surface area contributed by atoms with E-state index in [0.717, 1.165) is 24.3 Å². The van der Waals surface area contributed by atoms with Gasteiger partial charge >= 0.3 is 6.03 Å². The van der Waals surface area contributed by atoms with Crippen molar-refractivity contribution in [2.24, 2.45) is 11.3 Å². The van der Waals surface area contributed by atoms with Crippen LogP contribution in [-0.4, -0.2) is 33.6 Å². The summed E-state index contributed by atoms with van der Waals surface area (Å²) >= 11 is 0. The molecule has 6 heteroatoms. The van der Waals surface area contributed by atoms with Crippen LogP contribution in [0.3, 0.4) is 0 Å². The average Bonchev–Trinajstić information content (AvgIpc) is 2.75. The van der Waals surface area contributed by atoms with Crippen LogP contribution in [0.25, 0.3) is 0 Å². The molecule has 2 amide bonds. The summed E-state index contributed by atoms with van der Waals surface area (Å²) in [6.07, 6.45) is 1.89. The van der Waals surface area contributed by atoms with Gasteiger partial charge in [0.1, 0.15) is 0 Å². The highest BCUT2D eigenvalue weighted by atomic mass is 16.3. The van der Waals surface area contributed by atoms with Gasteiger partial charge < -0.3 is 15.7 Å². The maximum absolute atomic E-state index is 12.0. The van der Waals surface area contributed by atoms with Gasteiger partial charge in [0, 0.05) is 13.1 Å². The van der Waals surface area contributed by atoms with Gasteiger partial charge in [-0.05, 0) is 17.8 Å². The first-order chi connectivity index (χ1) is 10.1. The van der Waals surface area contributed by atoms with Crippen LogP contribution < -0.4 is 10.6 Å². The molecule has 126 valence electrons. The van der Waals surface area contributed by atoms with E-state index in [9.17, 15) is 9.90 Å². The van der Waals surface area contributed by atoms with Crippen LogP contribution in [0.4, 0.5) is 10.5 Å². The summed E-state index contributed by atoms with van der Waals surface area (Å²) in [5, 5.41) is 19.8. The maximum Gasteiger partial charge on any atom is 0.319 e. The summed E-state index contributed by atoms with van der Waals surface area (Å²) < 4.78 is 1.93. The first-order valence-electron chi connectivity index (χ1n) is 7.92. The Labute approximate surface area is 133 Å². The Bertz CT molecular complexity index is 489. The van der Waals surface area contributed by atoms with Crippen LogP contribution in [0.2, 0.25) is 0 Å². The lowest BCUT2D eigenvalue weighted by Gasteiger charge is -2.25. The number of nitrogens with one attached hydrogen (secondary N) is 2. The number of urea groups is 1. The lowest BCUT2D eigenvalue weighted by atomic mass is 9.89. The number of aromatic nitrogens is 2. The molecule has 0 bridgehead atoms. The molecule has 1 rings (SSSR count). The van der Waals surface area contributed by atoms with E-state index < -0.39 is 6.10 Å². The Morgan fingerprint density at radius 2 is 2.05 bits per heavy atom. The molecule has 0 spiro atoms. The molecule has 1 aromatic rings. The molecule has 0 saturated carbocycles. The minimum absolute atomic E-state index is 0.219. The predicted molar refractivity (Wildman–Crippen MR) is 88.9 cm³/mol. The second-order valence-corrected chi connectivity index (χ2v) is 7.15. The van der Waals surface area contributed by atoms with E-state index in [2.05, 4.69) is 29.6 Å². The highest BCUT2D eigenvalue weighted by Crippen LogP contribution is 2.19. The number of anilines is 1. The summed E-state index contributed by atoms with van der Waals surface area (Å²) in [6, 6.07) is -0.318. The minimum atomic E-state index is -0.590. The molecule has 3 N–H and O–H groups in total. The summed E-state index contributed by atoms with van der Waals surface area (Å²) in [6.45, 7) is 13.2. The van der Waals surface area contributed by atoms with Gasteiger partial charge in [0.05, 0.1) is 23.7 Å². The zero-order valence-electron chi connectivity index (χ0n) is 14.6. The predicted octanol–water partition coefficient (Wildman–Crippen LogP) is 2.63. The van der Waals surface area contributed by atoms with E-state index >= 15 is 0 Å². The van der Waals surface area contributed by atoms with Gasteiger partial charge in [0.2, 0.25) is 0 Å². The van der Waals surface area contributed by atoms with Crippen LogP contribution in [0.5, 0.6) is 0 Å². The van der Waals surface area contributed by atoms with Crippen LogP contribution in [-0.2, 0) is 13.0 Å². The molecule has 6 nitrogen and oxygen atoms in total. The van der Waals surface area contributed by atoms with Gasteiger partial charge in [-0.15, -0.1) is 0 Å². The normalized spacial score (nSPS) is 13.3. The molecular weight excluding hydrogens is 280 g/mol. The second kappa shape index (κ2) is 7.63. The van der Waals surface area contributed by atoms with Crippen molar-refractivity contribution in [2.45, 2.75) is 60.6 Å². The fourth-order valence-corrected chi connectivity index (χ4v) is 2.05. The quantitative estimate of drug-likeness (QED) is 0.755. The Balaban J connectivity index is 2.63. The van der Waals surface area contributed by atoms with Crippen molar-refractivity contribution < 1.29 is 9.90 Å². The van der Waals surface area contributed by atoms with E-state index in [1.807, 2.05) is 32.4 Å². The molecule has 1 unspecified atom stereocenters. The Morgan fingerprint density at radius 1 is 1.41 bits per heavy atom. The van der Waals surface area contributed by atoms with Crippen molar-refractivity contribution in [2.75, 3.05) is 11.9 Å². The lowest BCUT2D eigenvalue weighted by Crippen LogP contribution is -2.41. The first kappa shape index (κ1) is 18.5. The third-order valence-corrected chi connectivity index (χ3v) is 3.53. The maximum atomic E-state index is 12.0. The van der Waals surface area contributed by atoms with Gasteiger partial charge in [-0.2, -0.15) is 5.10 Å². The Hall–Kier alpha value is -1.56. The smallest absolute Gasteiger partial charge is 0.319 e. The minimum Gasteiger partial charge on any atom is -0.391 e. The fourth-order valence-electron chi connectivity index (χ4n) is 2.05. The van der Waals surface area contributed by atoms with Crippen LogP contribution >= 0.6 is 0 Å². The number of hydrogen-bond donors (Lipinski definition) is 3. The molecule has 1 aromatic heterocycles. The summed E-state index contributed by atoms with van der Waals surface area (Å²) in [7, 11) is 0. The number of rotatable bonds is 6. The van der Waals surface area contributed by atoms with Crippen molar-refractivity contribution in [3.63, 3.8) is 0 Å². The van der Waals surface area contributed by atoms with Crippen LogP contribution in [0, 0.1) is 11.3 Å². The monoisotopic (exact) mass is 310 g/mol. The van der Waals surface area contributed by atoms with E-state index in [1.54, 1.807) is 6.20 Å². The summed E-state index contributed by atoms with van der Waals surface area (Å²) in [5.74, 6) is 0.494. The molecule has 0 aromatic carbocycles. The van der Waals surface area contributed by atoms with Gasteiger partial charge in [-0.3, -0.25) is 4.68 Å². The number of nitrogens with zero attached hydrogens (tertiary/aromatic N) is 2. The zero-order chi connectivity index (χ0) is 16.9. The largest absolute Gasteiger partial charge is 0.391 e. The highest BCUT2D eigenvalue weighted by molar-refractivity contribution is 5.89. The van der Waals surface area contributed by atoms with Gasteiger partial charge in [0.25, 0.3) is 0 Å².